The maximum atomic E-state index is 13.5. The molecule has 4 bridgehead atoms. The van der Waals surface area contributed by atoms with Crippen LogP contribution in [0, 0.1) is 46.8 Å². The van der Waals surface area contributed by atoms with Gasteiger partial charge in [0.15, 0.2) is 17.8 Å². The van der Waals surface area contributed by atoms with Crippen molar-refractivity contribution in [2.75, 3.05) is 13.1 Å². The molecule has 4 aliphatic carbocycles. The van der Waals surface area contributed by atoms with E-state index in [9.17, 15) is 45.3 Å². The molecule has 50 heavy (non-hydrogen) atoms. The number of aliphatic hydroxyl groups excluding tert-OH is 3. The third-order valence-corrected chi connectivity index (χ3v) is 15.5. The lowest BCUT2D eigenvalue weighted by Gasteiger charge is -2.64. The van der Waals surface area contributed by atoms with Crippen molar-refractivity contribution in [1.29, 1.82) is 0 Å². The van der Waals surface area contributed by atoms with E-state index < -0.39 is 112 Å². The molecule has 1 spiro atoms. The van der Waals surface area contributed by atoms with Crippen LogP contribution in [0.4, 0.5) is 0 Å². The van der Waals surface area contributed by atoms with Gasteiger partial charge in [-0.1, -0.05) is 27.7 Å². The van der Waals surface area contributed by atoms with E-state index in [4.69, 9.17) is 14.2 Å². The van der Waals surface area contributed by atoms with Gasteiger partial charge in [0.25, 0.3) is 0 Å². The zero-order valence-electron chi connectivity index (χ0n) is 30.5. The first-order valence-electron chi connectivity index (χ1n) is 18.9. The van der Waals surface area contributed by atoms with Crippen LogP contribution in [-0.4, -0.2) is 130 Å². The molecule has 0 radical (unpaired) electrons. The first-order chi connectivity index (χ1) is 23.1. The monoisotopic (exact) mass is 709 g/mol. The summed E-state index contributed by atoms with van der Waals surface area (Å²) in [4.78, 5) is 28.9. The van der Waals surface area contributed by atoms with Crippen molar-refractivity contribution in [3.8, 4) is 0 Å². The van der Waals surface area contributed by atoms with Crippen LogP contribution in [-0.2, 0) is 23.8 Å². The second kappa shape index (κ2) is 11.5. The summed E-state index contributed by atoms with van der Waals surface area (Å²) < 4.78 is 18.7. The summed E-state index contributed by atoms with van der Waals surface area (Å²) in [7, 11) is 0. The van der Waals surface area contributed by atoms with Gasteiger partial charge >= 0.3 is 11.9 Å². The summed E-state index contributed by atoms with van der Waals surface area (Å²) in [5, 5.41) is 83.5. The van der Waals surface area contributed by atoms with E-state index in [2.05, 4.69) is 11.8 Å². The lowest BCUT2D eigenvalue weighted by Crippen LogP contribution is -2.77. The lowest BCUT2D eigenvalue weighted by molar-refractivity contribution is -0.300. The molecule has 0 aromatic rings. The largest absolute Gasteiger partial charge is 0.456 e. The number of nitrogens with zero attached hydrogens (tertiary/aromatic N) is 1. The molecule has 284 valence electrons. The van der Waals surface area contributed by atoms with Gasteiger partial charge in [-0.15, -0.1) is 0 Å². The van der Waals surface area contributed by atoms with Crippen molar-refractivity contribution in [2.45, 2.75) is 158 Å². The maximum Gasteiger partial charge on any atom is 0.341 e. The molecule has 3 saturated heterocycles. The molecule has 19 atom stereocenters. The van der Waals surface area contributed by atoms with Crippen molar-refractivity contribution in [3.63, 3.8) is 0 Å². The minimum Gasteiger partial charge on any atom is -0.456 e. The number of carbonyl (C=O) groups is 2. The van der Waals surface area contributed by atoms with E-state index in [-0.39, 0.29) is 25.3 Å². The van der Waals surface area contributed by atoms with Gasteiger partial charge in [0.05, 0.1) is 35.4 Å². The van der Waals surface area contributed by atoms with Crippen LogP contribution >= 0.6 is 0 Å². The van der Waals surface area contributed by atoms with Gasteiger partial charge in [0.2, 0.25) is 5.79 Å². The number of fused-ring (bicyclic) bond motifs is 5. The lowest BCUT2D eigenvalue weighted by atomic mass is 9.49. The quantitative estimate of drug-likeness (QED) is 0.188. The Morgan fingerprint density at radius 2 is 1.74 bits per heavy atom. The number of esters is 2. The number of ether oxygens (including phenoxy) is 3. The number of aliphatic hydroxyl groups is 7. The van der Waals surface area contributed by atoms with Crippen LogP contribution in [0.1, 0.15) is 93.4 Å². The molecule has 7 aliphatic rings. The van der Waals surface area contributed by atoms with Crippen molar-refractivity contribution in [2.24, 2.45) is 46.8 Å². The van der Waals surface area contributed by atoms with Crippen LogP contribution in [0.2, 0.25) is 0 Å². The average molecular weight is 710 g/mol. The zero-order chi connectivity index (χ0) is 36.7. The molecule has 7 fully saturated rings. The third-order valence-electron chi connectivity index (χ3n) is 15.5. The molecule has 13 heteroatoms. The van der Waals surface area contributed by atoms with Gasteiger partial charge in [0, 0.05) is 42.3 Å². The summed E-state index contributed by atoms with van der Waals surface area (Å²) in [5.41, 5.74) is -7.89. The average Bonchev–Trinajstić information content (AvgIpc) is 3.31. The van der Waals surface area contributed by atoms with Gasteiger partial charge < -0.3 is 50.0 Å². The number of rotatable bonds is 6. The molecule has 0 amide bonds. The summed E-state index contributed by atoms with van der Waals surface area (Å²) in [5.74, 6) is -7.78. The molecule has 0 aromatic heterocycles. The SMILES string of the molecule is CC[C@@H](C)C(=O)O[C@H]1[C@H](O)[C@H]2[C@@H](CN3C[C@@H](C)CC[C@H]3[C@@]2(C)O)[C@@H]2CC34O[C@@]5(O)C(C[C@@H](O)[C@H]3C21O)[C@]4(C)CC[C@@H]5OC(=O)[C@@](C)(O)[C@@H](C)O. The van der Waals surface area contributed by atoms with Crippen LogP contribution < -0.4 is 0 Å². The number of piperidine rings is 2. The van der Waals surface area contributed by atoms with E-state index in [1.54, 1.807) is 13.8 Å². The van der Waals surface area contributed by atoms with Gasteiger partial charge in [0.1, 0.15) is 5.60 Å². The van der Waals surface area contributed by atoms with E-state index in [0.717, 1.165) is 26.3 Å². The molecule has 3 unspecified atom stereocenters. The fraction of sp³-hybridized carbons (Fsp3) is 0.946. The summed E-state index contributed by atoms with van der Waals surface area (Å²) in [6.07, 6.45) is -4.15. The first kappa shape index (κ1) is 36.9. The second-order valence-electron chi connectivity index (χ2n) is 18.2. The molecule has 3 heterocycles. The fourth-order valence-corrected chi connectivity index (χ4v) is 12.5. The number of hydrogen-bond donors (Lipinski definition) is 7. The predicted octanol–water partition coefficient (Wildman–Crippen LogP) is 0.466. The summed E-state index contributed by atoms with van der Waals surface area (Å²) in [6, 6.07) is -0.238. The van der Waals surface area contributed by atoms with Crippen molar-refractivity contribution in [3.05, 3.63) is 0 Å². The van der Waals surface area contributed by atoms with Crippen molar-refractivity contribution in [1.82, 2.24) is 4.90 Å². The summed E-state index contributed by atoms with van der Waals surface area (Å²) >= 11 is 0. The fourth-order valence-electron chi connectivity index (χ4n) is 12.5. The standard InChI is InChI=1S/C37H59NO12/c1-8-18(3)30(42)49-29-27(41)26-20(16-38-15-17(2)9-10-24(38)34(26,7)45)21-14-35-28(36(21,29)46)22(40)13-23-32(35,5)12-11-25(37(23,47)50-35)48-31(43)33(6,44)19(4)39/h17-29,39-41,44-47H,8-16H2,1-7H3/t17-,18+,19+,20-,21-,22+,23?,24-,25-,26+,27+,28+,29-,32-,33-,34+,35?,36?,37-/m0/s1. The molecule has 13 nitrogen and oxygen atoms in total. The Morgan fingerprint density at radius 1 is 1.06 bits per heavy atom. The van der Waals surface area contributed by atoms with Crippen LogP contribution in [0.25, 0.3) is 0 Å². The van der Waals surface area contributed by atoms with Crippen molar-refractivity contribution < 1.29 is 59.5 Å². The van der Waals surface area contributed by atoms with Gasteiger partial charge in [-0.3, -0.25) is 9.69 Å². The van der Waals surface area contributed by atoms with E-state index in [0.29, 0.717) is 25.3 Å². The predicted molar refractivity (Wildman–Crippen MR) is 176 cm³/mol. The van der Waals surface area contributed by atoms with Crippen LogP contribution in [0.5, 0.6) is 0 Å². The highest BCUT2D eigenvalue weighted by Crippen LogP contribution is 2.77. The minimum absolute atomic E-state index is 0.0328. The van der Waals surface area contributed by atoms with E-state index in [1.807, 2.05) is 13.8 Å². The Labute approximate surface area is 294 Å². The summed E-state index contributed by atoms with van der Waals surface area (Å²) in [6.45, 7) is 13.1. The van der Waals surface area contributed by atoms with Crippen molar-refractivity contribution >= 4 is 11.9 Å². The van der Waals surface area contributed by atoms with Crippen LogP contribution in [0.3, 0.4) is 0 Å². The highest BCUT2D eigenvalue weighted by molar-refractivity contribution is 5.79. The van der Waals surface area contributed by atoms with Gasteiger partial charge in [-0.25, -0.2) is 4.79 Å². The van der Waals surface area contributed by atoms with Gasteiger partial charge in [-0.05, 0) is 83.5 Å². The molecule has 7 rings (SSSR count). The Balaban J connectivity index is 1.34. The minimum atomic E-state index is -2.25. The van der Waals surface area contributed by atoms with Gasteiger partial charge in [-0.2, -0.15) is 0 Å². The smallest absolute Gasteiger partial charge is 0.341 e. The van der Waals surface area contributed by atoms with E-state index in [1.165, 1.54) is 6.92 Å². The number of carbonyl (C=O) groups excluding carboxylic acids is 2. The normalized spacial score (nSPS) is 54.6. The topological polar surface area (TPSA) is 207 Å². The van der Waals surface area contributed by atoms with Crippen LogP contribution in [0.15, 0.2) is 0 Å². The number of hydrogen-bond acceptors (Lipinski definition) is 13. The van der Waals surface area contributed by atoms with E-state index >= 15 is 0 Å². The Kier molecular flexibility index (Phi) is 8.52. The highest BCUT2D eigenvalue weighted by atomic mass is 16.7. The third kappa shape index (κ3) is 4.57. The Morgan fingerprint density at radius 3 is 2.38 bits per heavy atom. The second-order valence-corrected chi connectivity index (χ2v) is 18.2. The molecular weight excluding hydrogens is 650 g/mol. The first-order valence-corrected chi connectivity index (χ1v) is 18.9. The molecule has 4 saturated carbocycles. The zero-order valence-corrected chi connectivity index (χ0v) is 30.5. The maximum absolute atomic E-state index is 13.5. The Bertz CT molecular complexity index is 1390. The molecule has 0 aromatic carbocycles. The molecular formula is C37H59NO12. The highest BCUT2D eigenvalue weighted by Gasteiger charge is 2.87. The Hall–Kier alpha value is -1.42. The molecule has 3 aliphatic heterocycles. The molecule has 7 N–H and O–H groups in total.